The highest BCUT2D eigenvalue weighted by molar-refractivity contribution is 5.77. The van der Waals surface area contributed by atoms with Gasteiger partial charge >= 0.3 is 6.18 Å². The van der Waals surface area contributed by atoms with Gasteiger partial charge in [0.05, 0.1) is 17.4 Å². The Morgan fingerprint density at radius 3 is 2.56 bits per heavy atom. The van der Waals surface area contributed by atoms with Crippen molar-refractivity contribution in [2.24, 2.45) is 0 Å². The van der Waals surface area contributed by atoms with Gasteiger partial charge in [-0.25, -0.2) is 9.50 Å². The number of hydrogen-bond acceptors (Lipinski definition) is 4. The molecule has 1 unspecified atom stereocenters. The molecule has 1 aliphatic rings. The normalized spacial score (nSPS) is 17.5. The van der Waals surface area contributed by atoms with Gasteiger partial charge in [0, 0.05) is 42.9 Å². The Morgan fingerprint density at radius 1 is 1.16 bits per heavy atom. The van der Waals surface area contributed by atoms with Crippen LogP contribution in [0, 0.1) is 6.92 Å². The average Bonchev–Trinajstić information content (AvgIpc) is 3.42. The minimum Gasteiger partial charge on any atom is -0.334 e. The van der Waals surface area contributed by atoms with Gasteiger partial charge in [-0.05, 0) is 31.9 Å². The summed E-state index contributed by atoms with van der Waals surface area (Å²) in [6, 6.07) is 4.70. The molecule has 3 aromatic heterocycles. The van der Waals surface area contributed by atoms with Crippen molar-refractivity contribution in [2.75, 3.05) is 6.54 Å². The lowest BCUT2D eigenvalue weighted by atomic mass is 9.93. The smallest absolute Gasteiger partial charge is 0.334 e. The molecule has 1 saturated heterocycles. The second kappa shape index (κ2) is 7.90. The monoisotopic (exact) mass is 448 g/mol. The highest BCUT2D eigenvalue weighted by atomic mass is 19.4. The summed E-state index contributed by atoms with van der Waals surface area (Å²) in [6.45, 7) is 8.52. The van der Waals surface area contributed by atoms with E-state index in [1.54, 1.807) is 18.0 Å². The van der Waals surface area contributed by atoms with Crippen LogP contribution in [0.4, 0.5) is 13.2 Å². The molecule has 1 atom stereocenters. The van der Waals surface area contributed by atoms with E-state index in [2.05, 4.69) is 30.9 Å². The molecule has 10 heteroatoms. The third-order valence-corrected chi connectivity index (χ3v) is 5.88. The predicted octanol–water partition coefficient (Wildman–Crippen LogP) is 4.30. The number of carbonyl (C=O) groups is 1. The van der Waals surface area contributed by atoms with Crippen LogP contribution in [0.15, 0.2) is 24.4 Å². The largest absolute Gasteiger partial charge is 0.435 e. The van der Waals surface area contributed by atoms with E-state index < -0.39 is 11.9 Å². The van der Waals surface area contributed by atoms with Crippen molar-refractivity contribution in [3.8, 4) is 0 Å². The van der Waals surface area contributed by atoms with E-state index in [0.717, 1.165) is 35.9 Å². The van der Waals surface area contributed by atoms with Crippen LogP contribution in [0.25, 0.3) is 5.65 Å². The molecule has 1 aliphatic heterocycles. The van der Waals surface area contributed by atoms with Crippen molar-refractivity contribution in [3.63, 3.8) is 0 Å². The molecule has 1 amide bonds. The first-order chi connectivity index (χ1) is 14.9. The number of likely N-dealkylation sites (tertiary alicyclic amines) is 1. The zero-order valence-electron chi connectivity index (χ0n) is 18.6. The van der Waals surface area contributed by atoms with Gasteiger partial charge in [0.1, 0.15) is 0 Å². The maximum atomic E-state index is 13.0. The summed E-state index contributed by atoms with van der Waals surface area (Å²) in [5, 5.41) is 8.37. The number of rotatable bonds is 4. The maximum absolute atomic E-state index is 13.0. The molecule has 0 bridgehead atoms. The molecule has 0 N–H and O–H groups in total. The molecule has 7 nitrogen and oxygen atoms in total. The maximum Gasteiger partial charge on any atom is 0.435 e. The molecule has 172 valence electrons. The minimum absolute atomic E-state index is 0.0802. The van der Waals surface area contributed by atoms with Crippen molar-refractivity contribution in [2.45, 2.75) is 71.1 Å². The molecule has 0 aromatic carbocycles. The van der Waals surface area contributed by atoms with Crippen LogP contribution in [0.3, 0.4) is 0 Å². The molecule has 0 saturated carbocycles. The second-order valence-electron chi connectivity index (χ2n) is 9.31. The van der Waals surface area contributed by atoms with Crippen LogP contribution in [-0.2, 0) is 22.9 Å². The fraction of sp³-hybridized carbons (Fsp3) is 0.545. The first-order valence-electron chi connectivity index (χ1n) is 10.7. The van der Waals surface area contributed by atoms with Gasteiger partial charge < -0.3 is 4.90 Å². The number of amides is 1. The quantitative estimate of drug-likeness (QED) is 0.597. The van der Waals surface area contributed by atoms with Gasteiger partial charge in [-0.2, -0.15) is 23.4 Å². The lowest BCUT2D eigenvalue weighted by Gasteiger charge is -2.25. The lowest BCUT2D eigenvalue weighted by Crippen LogP contribution is -2.32. The molecule has 0 radical (unpaired) electrons. The number of carbonyl (C=O) groups excluding carboxylic acids is 1. The number of halogens is 3. The fourth-order valence-electron chi connectivity index (χ4n) is 4.13. The van der Waals surface area contributed by atoms with Gasteiger partial charge in [-0.15, -0.1) is 0 Å². The number of fused-ring (bicyclic) bond motifs is 1. The highest BCUT2D eigenvalue weighted by Crippen LogP contribution is 2.33. The molecule has 0 spiro atoms. The highest BCUT2D eigenvalue weighted by Gasteiger charge is 2.35. The number of hydrogen-bond donors (Lipinski definition) is 0. The van der Waals surface area contributed by atoms with Crippen LogP contribution in [0.5, 0.6) is 0 Å². The summed E-state index contributed by atoms with van der Waals surface area (Å²) in [4.78, 5) is 19.3. The molecular weight excluding hydrogens is 421 g/mol. The minimum atomic E-state index is -4.50. The second-order valence-corrected chi connectivity index (χ2v) is 9.31. The van der Waals surface area contributed by atoms with E-state index in [9.17, 15) is 18.0 Å². The van der Waals surface area contributed by atoms with Gasteiger partial charge in [-0.1, -0.05) is 20.8 Å². The van der Waals surface area contributed by atoms with Crippen molar-refractivity contribution < 1.29 is 18.0 Å². The Hall–Kier alpha value is -2.91. The molecular formula is C22H27F3N6O. The first kappa shape index (κ1) is 22.3. The topological polar surface area (TPSA) is 68.3 Å². The number of aryl methyl sites for hydroxylation is 2. The van der Waals surface area contributed by atoms with E-state index in [-0.39, 0.29) is 30.3 Å². The van der Waals surface area contributed by atoms with Crippen molar-refractivity contribution in [1.29, 1.82) is 0 Å². The summed E-state index contributed by atoms with van der Waals surface area (Å²) < 4.78 is 41.8. The molecule has 4 rings (SSSR count). The lowest BCUT2D eigenvalue weighted by molar-refractivity contribution is -0.141. The zero-order chi connectivity index (χ0) is 23.3. The Labute approximate surface area is 184 Å². The van der Waals surface area contributed by atoms with E-state index in [1.807, 2.05) is 16.6 Å². The molecule has 32 heavy (non-hydrogen) atoms. The number of nitrogens with zero attached hydrogens (tertiary/aromatic N) is 6. The van der Waals surface area contributed by atoms with E-state index >= 15 is 0 Å². The molecule has 1 fully saturated rings. The van der Waals surface area contributed by atoms with Gasteiger partial charge in [0.15, 0.2) is 11.3 Å². The fourth-order valence-corrected chi connectivity index (χ4v) is 4.13. The first-order valence-corrected chi connectivity index (χ1v) is 10.7. The summed E-state index contributed by atoms with van der Waals surface area (Å²) in [5.74, 6) is -0.107. The van der Waals surface area contributed by atoms with E-state index in [4.69, 9.17) is 5.10 Å². The predicted molar refractivity (Wildman–Crippen MR) is 112 cm³/mol. The van der Waals surface area contributed by atoms with Crippen molar-refractivity contribution >= 4 is 11.6 Å². The third kappa shape index (κ3) is 4.22. The third-order valence-electron chi connectivity index (χ3n) is 5.88. The van der Waals surface area contributed by atoms with Gasteiger partial charge in [0.2, 0.25) is 5.91 Å². The summed E-state index contributed by atoms with van der Waals surface area (Å²) in [7, 11) is 0. The Kier molecular flexibility index (Phi) is 5.50. The summed E-state index contributed by atoms with van der Waals surface area (Å²) in [5.41, 5.74) is 1.86. The van der Waals surface area contributed by atoms with Gasteiger partial charge in [-0.3, -0.25) is 9.48 Å². The van der Waals surface area contributed by atoms with Crippen molar-refractivity contribution in [1.82, 2.24) is 29.3 Å². The summed E-state index contributed by atoms with van der Waals surface area (Å²) >= 11 is 0. The Morgan fingerprint density at radius 2 is 1.91 bits per heavy atom. The SMILES string of the molecule is Cc1cc(C(F)(F)F)nn1CCC(=O)N1CCCC1c1ccnc2cc(C(C)(C)C)nn12. The molecule has 3 aromatic rings. The number of alkyl halides is 3. The standard InChI is InChI=1S/C22H27F3N6O/c1-14-12-18(22(23,24)25)27-30(14)11-8-20(32)29-10-5-6-15(29)16-7-9-26-19-13-17(21(2,3)4)28-31(16)19/h7,9,12-13,15H,5-6,8,10-11H2,1-4H3. The van der Waals surface area contributed by atoms with E-state index in [1.165, 1.54) is 4.68 Å². The van der Waals surface area contributed by atoms with Crippen LogP contribution in [0.2, 0.25) is 0 Å². The Balaban J connectivity index is 1.54. The van der Waals surface area contributed by atoms with Crippen molar-refractivity contribution in [3.05, 3.63) is 47.2 Å². The van der Waals surface area contributed by atoms with Gasteiger partial charge in [0.25, 0.3) is 0 Å². The molecule has 4 heterocycles. The average molecular weight is 448 g/mol. The van der Waals surface area contributed by atoms with Crippen LogP contribution >= 0.6 is 0 Å². The van der Waals surface area contributed by atoms with Crippen LogP contribution in [-0.4, -0.2) is 41.7 Å². The Bertz CT molecular complexity index is 1140. The zero-order valence-corrected chi connectivity index (χ0v) is 18.6. The van der Waals surface area contributed by atoms with Crippen LogP contribution < -0.4 is 0 Å². The summed E-state index contributed by atoms with van der Waals surface area (Å²) in [6.07, 6.45) is -1.04. The van der Waals surface area contributed by atoms with E-state index in [0.29, 0.717) is 12.2 Å². The number of aromatic nitrogens is 5. The van der Waals surface area contributed by atoms with Crippen LogP contribution in [0.1, 0.15) is 68.9 Å². The molecule has 0 aliphatic carbocycles.